The molecule has 8 nitrogen and oxygen atoms in total. The number of hydrogen-bond donors (Lipinski definition) is 2. The molecular weight excluding hydrogens is 464 g/mol. The lowest BCUT2D eigenvalue weighted by atomic mass is 10.2. The summed E-state index contributed by atoms with van der Waals surface area (Å²) in [4.78, 5) is 42.8. The normalized spacial score (nSPS) is 10.7. The Morgan fingerprint density at radius 2 is 1.71 bits per heavy atom. The average Bonchev–Trinajstić information content (AvgIpc) is 2.84. The molecule has 0 atom stereocenters. The first-order valence-corrected chi connectivity index (χ1v) is 12.0. The zero-order valence-corrected chi connectivity index (χ0v) is 20.1. The van der Waals surface area contributed by atoms with Crippen LogP contribution in [0.5, 0.6) is 0 Å². The van der Waals surface area contributed by atoms with Gasteiger partial charge in [0, 0.05) is 22.9 Å². The Morgan fingerprint density at radius 3 is 2.51 bits per heavy atom. The van der Waals surface area contributed by atoms with Gasteiger partial charge in [0.15, 0.2) is 0 Å². The van der Waals surface area contributed by atoms with Gasteiger partial charge in [-0.3, -0.25) is 9.20 Å². The molecule has 0 saturated heterocycles. The second-order valence-corrected chi connectivity index (χ2v) is 8.62. The molecule has 2 N–H and O–H groups in total. The molecule has 0 aliphatic heterocycles. The lowest BCUT2D eigenvalue weighted by molar-refractivity contribution is 0.0527. The van der Waals surface area contributed by atoms with Crippen LogP contribution in [0.2, 0.25) is 0 Å². The minimum Gasteiger partial charge on any atom is -0.462 e. The third kappa shape index (κ3) is 5.70. The summed E-state index contributed by atoms with van der Waals surface area (Å²) in [5.41, 5.74) is 3.27. The van der Waals surface area contributed by atoms with E-state index >= 15 is 0 Å². The summed E-state index contributed by atoms with van der Waals surface area (Å²) in [6, 6.07) is 18.8. The predicted octanol–water partition coefficient (Wildman–Crippen LogP) is 5.12. The Morgan fingerprint density at radius 1 is 1.00 bits per heavy atom. The quantitative estimate of drug-likeness (QED) is 0.277. The molecule has 0 fully saturated rings. The monoisotopic (exact) mass is 488 g/mol. The number of fused-ring (bicyclic) bond motifs is 1. The number of benzene rings is 2. The summed E-state index contributed by atoms with van der Waals surface area (Å²) in [6.07, 6.45) is 1.70. The molecule has 0 aliphatic rings. The van der Waals surface area contributed by atoms with Gasteiger partial charge >= 0.3 is 12.0 Å². The fraction of sp³-hybridized carbons (Fsp3) is 0.154. The van der Waals surface area contributed by atoms with Crippen molar-refractivity contribution in [3.63, 3.8) is 0 Å². The fourth-order valence-electron chi connectivity index (χ4n) is 3.49. The van der Waals surface area contributed by atoms with Gasteiger partial charge in [-0.1, -0.05) is 30.3 Å². The molecule has 4 aromatic rings. The first kappa shape index (κ1) is 24.0. The average molecular weight is 489 g/mol. The van der Waals surface area contributed by atoms with Crippen molar-refractivity contribution in [2.45, 2.75) is 24.5 Å². The zero-order chi connectivity index (χ0) is 24.8. The number of aromatic nitrogens is 2. The Labute approximate surface area is 206 Å². The number of hydrogen-bond acceptors (Lipinski definition) is 6. The van der Waals surface area contributed by atoms with Gasteiger partial charge in [-0.15, -0.1) is 11.8 Å². The third-order valence-corrected chi connectivity index (χ3v) is 6.23. The first-order chi connectivity index (χ1) is 17.0. The highest BCUT2D eigenvalue weighted by molar-refractivity contribution is 7.98. The van der Waals surface area contributed by atoms with E-state index < -0.39 is 12.0 Å². The van der Waals surface area contributed by atoms with Crippen molar-refractivity contribution in [2.75, 3.05) is 17.2 Å². The molecule has 2 aromatic carbocycles. The van der Waals surface area contributed by atoms with Crippen LogP contribution in [0.25, 0.3) is 5.65 Å². The van der Waals surface area contributed by atoms with Crippen LogP contribution in [-0.4, -0.2) is 28.0 Å². The van der Waals surface area contributed by atoms with Gasteiger partial charge in [-0.05, 0) is 49.7 Å². The van der Waals surface area contributed by atoms with E-state index in [1.165, 1.54) is 22.2 Å². The van der Waals surface area contributed by atoms with E-state index in [-0.39, 0.29) is 17.7 Å². The fourth-order valence-corrected chi connectivity index (χ4v) is 4.39. The van der Waals surface area contributed by atoms with Crippen molar-refractivity contribution < 1.29 is 14.3 Å². The lowest BCUT2D eigenvalue weighted by Gasteiger charge is -2.13. The van der Waals surface area contributed by atoms with E-state index in [1.807, 2.05) is 37.3 Å². The minimum atomic E-state index is -0.506. The van der Waals surface area contributed by atoms with Crippen molar-refractivity contribution in [3.8, 4) is 0 Å². The molecule has 4 rings (SSSR count). The number of thioether (sulfide) groups is 1. The van der Waals surface area contributed by atoms with Gasteiger partial charge in [-0.2, -0.15) is 0 Å². The second kappa shape index (κ2) is 10.9. The van der Waals surface area contributed by atoms with Gasteiger partial charge < -0.3 is 15.4 Å². The molecule has 2 aromatic heterocycles. The van der Waals surface area contributed by atoms with Gasteiger partial charge in [-0.25, -0.2) is 14.6 Å². The highest BCUT2D eigenvalue weighted by Crippen LogP contribution is 2.29. The number of aryl methyl sites for hydroxylation is 1. The Hall–Kier alpha value is -4.11. The molecule has 0 unspecified atom stereocenters. The van der Waals surface area contributed by atoms with Crippen LogP contribution in [0.15, 0.2) is 82.6 Å². The molecule has 2 amide bonds. The summed E-state index contributed by atoms with van der Waals surface area (Å²) in [6.45, 7) is 3.87. The third-order valence-electron chi connectivity index (χ3n) is 5.12. The highest BCUT2D eigenvalue weighted by atomic mass is 32.2. The van der Waals surface area contributed by atoms with Crippen molar-refractivity contribution >= 4 is 40.8 Å². The number of carbonyl (C=O) groups is 2. The molecule has 9 heteroatoms. The summed E-state index contributed by atoms with van der Waals surface area (Å²) in [7, 11) is 0. The number of nitrogens with zero attached hydrogens (tertiary/aromatic N) is 2. The lowest BCUT2D eigenvalue weighted by Crippen LogP contribution is -2.21. The molecule has 0 bridgehead atoms. The summed E-state index contributed by atoms with van der Waals surface area (Å²) < 4.78 is 6.59. The van der Waals surface area contributed by atoms with E-state index in [9.17, 15) is 14.4 Å². The van der Waals surface area contributed by atoms with Crippen LogP contribution in [0.1, 0.15) is 28.5 Å². The number of carbonyl (C=O) groups excluding carboxylic acids is 2. The standard InChI is InChI=1S/C26H24N4O4S/c1-3-34-25(32)19-10-4-5-11-20(19)28-26(33)29-21-12-6-7-13-22(21)35-16-18-15-23(31)30-14-8-9-17(2)24(30)27-18/h4-15H,3,16H2,1-2H3,(H2,28,29,33). The van der Waals surface area contributed by atoms with E-state index in [1.54, 1.807) is 43.5 Å². The molecule has 35 heavy (non-hydrogen) atoms. The van der Waals surface area contributed by atoms with E-state index in [2.05, 4.69) is 15.6 Å². The smallest absolute Gasteiger partial charge is 0.340 e. The number of pyridine rings is 1. The van der Waals surface area contributed by atoms with E-state index in [0.717, 1.165) is 10.5 Å². The maximum Gasteiger partial charge on any atom is 0.340 e. The Bertz CT molecular complexity index is 1450. The summed E-state index contributed by atoms with van der Waals surface area (Å²) in [5.74, 6) is -0.0557. The maximum atomic E-state index is 12.7. The van der Waals surface area contributed by atoms with Crippen LogP contribution in [0, 0.1) is 6.92 Å². The van der Waals surface area contributed by atoms with Gasteiger partial charge in [0.25, 0.3) is 5.56 Å². The Kier molecular flexibility index (Phi) is 7.47. The van der Waals surface area contributed by atoms with Crippen molar-refractivity contribution in [2.24, 2.45) is 0 Å². The van der Waals surface area contributed by atoms with Gasteiger partial charge in [0.1, 0.15) is 5.65 Å². The molecule has 0 radical (unpaired) electrons. The topological polar surface area (TPSA) is 102 Å². The largest absolute Gasteiger partial charge is 0.462 e. The minimum absolute atomic E-state index is 0.139. The molecule has 2 heterocycles. The molecule has 0 spiro atoms. The number of anilines is 2. The number of rotatable bonds is 7. The van der Waals surface area contributed by atoms with Crippen LogP contribution in [0.3, 0.4) is 0 Å². The van der Waals surface area contributed by atoms with Crippen molar-refractivity contribution in [1.29, 1.82) is 0 Å². The summed E-state index contributed by atoms with van der Waals surface area (Å²) in [5, 5.41) is 5.55. The van der Waals surface area contributed by atoms with Crippen LogP contribution >= 0.6 is 11.8 Å². The Balaban J connectivity index is 1.48. The highest BCUT2D eigenvalue weighted by Gasteiger charge is 2.15. The molecule has 0 aliphatic carbocycles. The molecule has 0 saturated carbocycles. The summed E-state index contributed by atoms with van der Waals surface area (Å²) >= 11 is 1.46. The number of para-hydroxylation sites is 2. The number of urea groups is 1. The maximum absolute atomic E-state index is 12.7. The van der Waals surface area contributed by atoms with Gasteiger partial charge in [0.05, 0.1) is 29.2 Å². The zero-order valence-electron chi connectivity index (χ0n) is 19.3. The van der Waals surface area contributed by atoms with Crippen molar-refractivity contribution in [3.05, 3.63) is 100 Å². The van der Waals surface area contributed by atoms with E-state index in [4.69, 9.17) is 4.74 Å². The number of amides is 2. The number of nitrogens with one attached hydrogen (secondary N) is 2. The van der Waals surface area contributed by atoms with Crippen LogP contribution in [0.4, 0.5) is 16.2 Å². The van der Waals surface area contributed by atoms with Crippen LogP contribution < -0.4 is 16.2 Å². The van der Waals surface area contributed by atoms with E-state index in [0.29, 0.717) is 28.5 Å². The molecule has 178 valence electrons. The van der Waals surface area contributed by atoms with Gasteiger partial charge in [0.2, 0.25) is 0 Å². The first-order valence-electron chi connectivity index (χ1n) is 11.0. The molecular formula is C26H24N4O4S. The number of esters is 1. The van der Waals surface area contributed by atoms with Crippen LogP contribution in [-0.2, 0) is 10.5 Å². The van der Waals surface area contributed by atoms with Crippen molar-refractivity contribution in [1.82, 2.24) is 9.38 Å². The SMILES string of the molecule is CCOC(=O)c1ccccc1NC(=O)Nc1ccccc1SCc1cc(=O)n2cccc(C)c2n1. The predicted molar refractivity (Wildman–Crippen MR) is 137 cm³/mol. The number of ether oxygens (including phenoxy) is 1. The second-order valence-electron chi connectivity index (χ2n) is 7.60.